The maximum Gasteiger partial charge on any atom is 0.231 e. The first kappa shape index (κ1) is 11.7. The summed E-state index contributed by atoms with van der Waals surface area (Å²) in [4.78, 5) is 12.1. The Morgan fingerprint density at radius 3 is 2.47 bits per heavy atom. The van der Waals surface area contributed by atoms with Crippen molar-refractivity contribution in [2.75, 3.05) is 0 Å². The summed E-state index contributed by atoms with van der Waals surface area (Å²) in [6, 6.07) is 14.5. The fraction of sp³-hybridized carbons (Fsp3) is 0.0625. The highest BCUT2D eigenvalue weighted by atomic mass is 16.5. The van der Waals surface area contributed by atoms with Crippen LogP contribution in [0.25, 0.3) is 6.08 Å². The van der Waals surface area contributed by atoms with E-state index in [9.17, 15) is 4.79 Å². The van der Waals surface area contributed by atoms with E-state index in [0.29, 0.717) is 17.1 Å². The van der Waals surface area contributed by atoms with E-state index in [4.69, 9.17) is 9.84 Å². The van der Waals surface area contributed by atoms with Crippen molar-refractivity contribution in [1.29, 1.82) is 0 Å². The molecule has 0 bridgehead atoms. The lowest BCUT2D eigenvalue weighted by molar-refractivity contribution is 0.101. The average molecular weight is 252 g/mol. The van der Waals surface area contributed by atoms with Gasteiger partial charge in [-0.1, -0.05) is 36.4 Å². The SMILES string of the molecule is O=C1/C(=C/c2ccc(CO)cc2)Oc2ccccc21. The molecule has 1 aliphatic rings. The van der Waals surface area contributed by atoms with Gasteiger partial charge in [-0.05, 0) is 29.3 Å². The molecule has 0 spiro atoms. The molecule has 0 aliphatic carbocycles. The van der Waals surface area contributed by atoms with Crippen molar-refractivity contribution in [2.24, 2.45) is 0 Å². The zero-order valence-corrected chi connectivity index (χ0v) is 10.2. The molecule has 1 aliphatic heterocycles. The molecule has 0 atom stereocenters. The average Bonchev–Trinajstić information content (AvgIpc) is 2.77. The van der Waals surface area contributed by atoms with Gasteiger partial charge in [0.15, 0.2) is 5.76 Å². The number of fused-ring (bicyclic) bond motifs is 1. The second-order valence-corrected chi connectivity index (χ2v) is 4.34. The second kappa shape index (κ2) is 4.71. The van der Waals surface area contributed by atoms with Crippen LogP contribution in [0.1, 0.15) is 21.5 Å². The van der Waals surface area contributed by atoms with Crippen molar-refractivity contribution >= 4 is 11.9 Å². The molecule has 2 aromatic rings. The third kappa shape index (κ3) is 2.16. The van der Waals surface area contributed by atoms with E-state index in [1.165, 1.54) is 0 Å². The fourth-order valence-corrected chi connectivity index (χ4v) is 2.01. The summed E-state index contributed by atoms with van der Waals surface area (Å²) in [5.41, 5.74) is 2.30. The molecule has 0 radical (unpaired) electrons. The molecule has 1 N–H and O–H groups in total. The Labute approximate surface area is 110 Å². The zero-order chi connectivity index (χ0) is 13.2. The minimum absolute atomic E-state index is 0.0116. The van der Waals surface area contributed by atoms with Gasteiger partial charge in [0.2, 0.25) is 5.78 Å². The number of Topliss-reactive ketones (excluding diaryl/α,β-unsaturated/α-hetero) is 1. The summed E-state index contributed by atoms with van der Waals surface area (Å²) >= 11 is 0. The molecule has 3 nitrogen and oxygen atoms in total. The zero-order valence-electron chi connectivity index (χ0n) is 10.2. The molecular formula is C16H12O3. The number of carbonyl (C=O) groups excluding carboxylic acids is 1. The highest BCUT2D eigenvalue weighted by molar-refractivity contribution is 6.14. The molecule has 0 aromatic heterocycles. The third-order valence-corrected chi connectivity index (χ3v) is 3.04. The molecule has 0 saturated heterocycles. The third-order valence-electron chi connectivity index (χ3n) is 3.04. The van der Waals surface area contributed by atoms with Crippen LogP contribution in [0.5, 0.6) is 5.75 Å². The number of hydrogen-bond acceptors (Lipinski definition) is 3. The first-order valence-corrected chi connectivity index (χ1v) is 6.01. The van der Waals surface area contributed by atoms with Crippen LogP contribution in [0.3, 0.4) is 0 Å². The number of aliphatic hydroxyl groups is 1. The molecule has 0 fully saturated rings. The van der Waals surface area contributed by atoms with Crippen LogP contribution in [0, 0.1) is 0 Å². The first-order valence-electron chi connectivity index (χ1n) is 6.01. The molecule has 0 amide bonds. The maximum absolute atomic E-state index is 12.1. The molecule has 94 valence electrons. The second-order valence-electron chi connectivity index (χ2n) is 4.34. The molecule has 19 heavy (non-hydrogen) atoms. The molecule has 3 heteroatoms. The molecular weight excluding hydrogens is 240 g/mol. The van der Waals surface area contributed by atoms with Crippen molar-refractivity contribution in [3.63, 3.8) is 0 Å². The van der Waals surface area contributed by atoms with E-state index < -0.39 is 0 Å². The Kier molecular flexibility index (Phi) is 2.89. The minimum Gasteiger partial charge on any atom is -0.452 e. The Bertz CT molecular complexity index is 654. The quantitative estimate of drug-likeness (QED) is 0.836. The number of para-hydroxylation sites is 1. The number of ether oxygens (including phenoxy) is 1. The van der Waals surface area contributed by atoms with Crippen LogP contribution >= 0.6 is 0 Å². The summed E-state index contributed by atoms with van der Waals surface area (Å²) in [5, 5.41) is 8.98. The lowest BCUT2D eigenvalue weighted by Crippen LogP contribution is -1.98. The summed E-state index contributed by atoms with van der Waals surface area (Å²) in [6.45, 7) is 0.0116. The van der Waals surface area contributed by atoms with Gasteiger partial charge in [0.25, 0.3) is 0 Å². The number of benzene rings is 2. The highest BCUT2D eigenvalue weighted by Crippen LogP contribution is 2.31. The normalized spacial score (nSPS) is 15.4. The fourth-order valence-electron chi connectivity index (χ4n) is 2.01. The highest BCUT2D eigenvalue weighted by Gasteiger charge is 2.26. The van der Waals surface area contributed by atoms with E-state index in [1.54, 1.807) is 18.2 Å². The van der Waals surface area contributed by atoms with Crippen molar-refractivity contribution in [3.05, 3.63) is 71.0 Å². The van der Waals surface area contributed by atoms with Crippen LogP contribution in [-0.4, -0.2) is 10.9 Å². The topological polar surface area (TPSA) is 46.5 Å². The van der Waals surface area contributed by atoms with Crippen LogP contribution < -0.4 is 4.74 Å². The van der Waals surface area contributed by atoms with Crippen LogP contribution in [0.15, 0.2) is 54.3 Å². The van der Waals surface area contributed by atoms with Gasteiger partial charge >= 0.3 is 0 Å². The van der Waals surface area contributed by atoms with Crippen LogP contribution in [0.2, 0.25) is 0 Å². The van der Waals surface area contributed by atoms with Crippen molar-refractivity contribution in [1.82, 2.24) is 0 Å². The Hall–Kier alpha value is -2.39. The summed E-state index contributed by atoms with van der Waals surface area (Å²) in [5.74, 6) is 0.838. The number of allylic oxidation sites excluding steroid dienone is 1. The minimum atomic E-state index is -0.0955. The van der Waals surface area contributed by atoms with Gasteiger partial charge in [-0.15, -0.1) is 0 Å². The van der Waals surface area contributed by atoms with Crippen LogP contribution in [0.4, 0.5) is 0 Å². The van der Waals surface area contributed by atoms with Gasteiger partial charge in [-0.25, -0.2) is 0 Å². The van der Waals surface area contributed by atoms with Gasteiger partial charge in [-0.2, -0.15) is 0 Å². The van der Waals surface area contributed by atoms with Gasteiger partial charge < -0.3 is 9.84 Å². The lowest BCUT2D eigenvalue weighted by Gasteiger charge is -1.99. The van der Waals surface area contributed by atoms with Crippen LogP contribution in [-0.2, 0) is 6.61 Å². The number of rotatable bonds is 2. The molecule has 2 aromatic carbocycles. The number of carbonyl (C=O) groups is 1. The molecule has 0 unspecified atom stereocenters. The molecule has 0 saturated carbocycles. The van der Waals surface area contributed by atoms with Gasteiger partial charge in [0.05, 0.1) is 12.2 Å². The van der Waals surface area contributed by atoms with Crippen molar-refractivity contribution in [2.45, 2.75) is 6.61 Å². The van der Waals surface area contributed by atoms with Crippen molar-refractivity contribution < 1.29 is 14.6 Å². The lowest BCUT2D eigenvalue weighted by atomic mass is 10.1. The van der Waals surface area contributed by atoms with E-state index in [0.717, 1.165) is 11.1 Å². The maximum atomic E-state index is 12.1. The Balaban J connectivity index is 1.92. The van der Waals surface area contributed by atoms with Gasteiger partial charge in [-0.3, -0.25) is 4.79 Å². The van der Waals surface area contributed by atoms with Crippen molar-refractivity contribution in [3.8, 4) is 5.75 Å². The predicted molar refractivity (Wildman–Crippen MR) is 71.7 cm³/mol. The Morgan fingerprint density at radius 2 is 1.79 bits per heavy atom. The predicted octanol–water partition coefficient (Wildman–Crippen LogP) is 2.80. The van der Waals surface area contributed by atoms with E-state index in [1.807, 2.05) is 36.4 Å². The van der Waals surface area contributed by atoms with E-state index >= 15 is 0 Å². The largest absolute Gasteiger partial charge is 0.452 e. The summed E-state index contributed by atoms with van der Waals surface area (Å²) < 4.78 is 5.54. The molecule has 3 rings (SSSR count). The number of ketones is 1. The molecule has 1 heterocycles. The number of hydrogen-bond donors (Lipinski definition) is 1. The smallest absolute Gasteiger partial charge is 0.231 e. The van der Waals surface area contributed by atoms with E-state index in [2.05, 4.69) is 0 Å². The summed E-state index contributed by atoms with van der Waals surface area (Å²) in [6.07, 6.45) is 1.71. The van der Waals surface area contributed by atoms with E-state index in [-0.39, 0.29) is 12.4 Å². The van der Waals surface area contributed by atoms with Gasteiger partial charge in [0.1, 0.15) is 5.75 Å². The van der Waals surface area contributed by atoms with Gasteiger partial charge in [0, 0.05) is 0 Å². The first-order chi connectivity index (χ1) is 9.28. The summed E-state index contributed by atoms with van der Waals surface area (Å²) in [7, 11) is 0. The Morgan fingerprint density at radius 1 is 1.05 bits per heavy atom. The standard InChI is InChI=1S/C16H12O3/c17-10-12-7-5-11(6-8-12)9-15-16(18)13-3-1-2-4-14(13)19-15/h1-9,17H,10H2/b15-9-. The number of aliphatic hydroxyl groups excluding tert-OH is 1. The monoisotopic (exact) mass is 252 g/mol.